The second-order valence-corrected chi connectivity index (χ2v) is 6.87. The molecule has 31 heavy (non-hydrogen) atoms. The molecule has 0 aliphatic heterocycles. The number of pyridine rings is 1. The van der Waals surface area contributed by atoms with E-state index < -0.39 is 0 Å². The Morgan fingerprint density at radius 2 is 1.32 bits per heavy atom. The molecule has 4 aromatic rings. The first-order valence-corrected chi connectivity index (χ1v) is 9.97. The van der Waals surface area contributed by atoms with E-state index in [1.54, 1.807) is 36.7 Å². The number of carbonyl (C=O) groups is 1. The number of aromatic nitrogens is 1. The van der Waals surface area contributed by atoms with Crippen LogP contribution < -0.4 is 14.8 Å². The van der Waals surface area contributed by atoms with Crippen molar-refractivity contribution >= 4 is 11.6 Å². The van der Waals surface area contributed by atoms with Gasteiger partial charge in [-0.2, -0.15) is 0 Å². The molecule has 0 radical (unpaired) electrons. The lowest BCUT2D eigenvalue weighted by Gasteiger charge is -2.17. The zero-order valence-corrected chi connectivity index (χ0v) is 16.9. The van der Waals surface area contributed by atoms with Crippen LogP contribution in [0, 0.1) is 0 Å². The van der Waals surface area contributed by atoms with Crippen LogP contribution in [-0.4, -0.2) is 10.9 Å². The minimum absolute atomic E-state index is 0.278. The summed E-state index contributed by atoms with van der Waals surface area (Å²) in [6.07, 6.45) is 3.25. The normalized spacial score (nSPS) is 10.3. The average molecular weight is 410 g/mol. The zero-order valence-electron chi connectivity index (χ0n) is 16.9. The van der Waals surface area contributed by atoms with Crippen molar-refractivity contribution in [3.8, 4) is 11.5 Å². The van der Waals surface area contributed by atoms with Crippen LogP contribution in [-0.2, 0) is 13.2 Å². The fourth-order valence-corrected chi connectivity index (χ4v) is 3.06. The van der Waals surface area contributed by atoms with Gasteiger partial charge in [0, 0.05) is 18.1 Å². The van der Waals surface area contributed by atoms with Gasteiger partial charge in [-0.25, -0.2) is 0 Å². The molecule has 1 heterocycles. The highest BCUT2D eigenvalue weighted by Crippen LogP contribution is 2.33. The molecular formula is C26H22N2O3. The molecule has 0 saturated heterocycles. The summed E-state index contributed by atoms with van der Waals surface area (Å²) in [5, 5.41) is 2.88. The van der Waals surface area contributed by atoms with E-state index >= 15 is 0 Å². The molecule has 0 atom stereocenters. The fraction of sp³-hybridized carbons (Fsp3) is 0.0769. The summed E-state index contributed by atoms with van der Waals surface area (Å²) in [6.45, 7) is 0.694. The van der Waals surface area contributed by atoms with E-state index in [2.05, 4.69) is 10.3 Å². The van der Waals surface area contributed by atoms with Crippen LogP contribution in [0.3, 0.4) is 0 Å². The Morgan fingerprint density at radius 1 is 0.710 bits per heavy atom. The van der Waals surface area contributed by atoms with Gasteiger partial charge in [0.2, 0.25) is 0 Å². The van der Waals surface area contributed by atoms with E-state index in [9.17, 15) is 4.79 Å². The van der Waals surface area contributed by atoms with Gasteiger partial charge in [0.1, 0.15) is 13.2 Å². The molecule has 5 heteroatoms. The molecule has 0 spiro atoms. The van der Waals surface area contributed by atoms with E-state index in [-0.39, 0.29) is 5.91 Å². The summed E-state index contributed by atoms with van der Waals surface area (Å²) >= 11 is 0. The molecule has 0 bridgehead atoms. The van der Waals surface area contributed by atoms with Crippen molar-refractivity contribution in [1.82, 2.24) is 4.98 Å². The highest BCUT2D eigenvalue weighted by molar-refractivity contribution is 6.06. The minimum Gasteiger partial charge on any atom is -0.485 e. The Kier molecular flexibility index (Phi) is 6.55. The van der Waals surface area contributed by atoms with Crippen LogP contribution in [0.15, 0.2) is 103 Å². The number of carbonyl (C=O) groups excluding carboxylic acids is 1. The van der Waals surface area contributed by atoms with Crippen molar-refractivity contribution in [3.05, 3.63) is 120 Å². The summed E-state index contributed by atoms with van der Waals surface area (Å²) in [6, 6.07) is 28.5. The molecule has 1 N–H and O–H groups in total. The maximum absolute atomic E-state index is 13.0. The van der Waals surface area contributed by atoms with E-state index in [0.29, 0.717) is 36.0 Å². The Balaban J connectivity index is 1.60. The molecular weight excluding hydrogens is 388 g/mol. The van der Waals surface area contributed by atoms with Crippen LogP contribution in [0.4, 0.5) is 5.69 Å². The summed E-state index contributed by atoms with van der Waals surface area (Å²) in [5.74, 6) is 0.649. The van der Waals surface area contributed by atoms with Crippen molar-refractivity contribution in [3.63, 3.8) is 0 Å². The number of hydrogen-bond donors (Lipinski definition) is 1. The molecule has 1 amide bonds. The number of nitrogens with zero attached hydrogens (tertiary/aromatic N) is 1. The van der Waals surface area contributed by atoms with Crippen molar-refractivity contribution in [2.75, 3.05) is 5.32 Å². The van der Waals surface area contributed by atoms with Crippen LogP contribution in [0.1, 0.15) is 21.5 Å². The number of hydrogen-bond acceptors (Lipinski definition) is 4. The van der Waals surface area contributed by atoms with Crippen molar-refractivity contribution in [1.29, 1.82) is 0 Å². The van der Waals surface area contributed by atoms with Gasteiger partial charge >= 0.3 is 0 Å². The van der Waals surface area contributed by atoms with Gasteiger partial charge in [0.15, 0.2) is 11.5 Å². The summed E-state index contributed by atoms with van der Waals surface area (Å²) < 4.78 is 12.1. The lowest BCUT2D eigenvalue weighted by atomic mass is 10.1. The average Bonchev–Trinajstić information content (AvgIpc) is 2.83. The van der Waals surface area contributed by atoms with E-state index in [1.165, 1.54) is 0 Å². The van der Waals surface area contributed by atoms with Crippen LogP contribution in [0.2, 0.25) is 0 Å². The molecule has 4 rings (SSSR count). The lowest BCUT2D eigenvalue weighted by Crippen LogP contribution is -2.14. The van der Waals surface area contributed by atoms with E-state index in [1.807, 2.05) is 66.7 Å². The molecule has 0 aliphatic carbocycles. The second kappa shape index (κ2) is 10.1. The number of para-hydroxylation sites is 1. The zero-order chi connectivity index (χ0) is 21.3. The first-order valence-electron chi connectivity index (χ1n) is 9.97. The van der Waals surface area contributed by atoms with Crippen LogP contribution >= 0.6 is 0 Å². The van der Waals surface area contributed by atoms with Crippen molar-refractivity contribution in [2.24, 2.45) is 0 Å². The number of anilines is 1. The van der Waals surface area contributed by atoms with Gasteiger partial charge in [-0.1, -0.05) is 66.7 Å². The van der Waals surface area contributed by atoms with Crippen molar-refractivity contribution < 1.29 is 14.3 Å². The maximum atomic E-state index is 13.0. The van der Waals surface area contributed by atoms with Gasteiger partial charge in [-0.15, -0.1) is 0 Å². The molecule has 0 saturated carbocycles. The molecule has 5 nitrogen and oxygen atoms in total. The summed E-state index contributed by atoms with van der Waals surface area (Å²) in [7, 11) is 0. The number of nitrogens with one attached hydrogen (secondary N) is 1. The Morgan fingerprint density at radius 3 is 1.97 bits per heavy atom. The predicted molar refractivity (Wildman–Crippen MR) is 120 cm³/mol. The van der Waals surface area contributed by atoms with Crippen LogP contribution in [0.5, 0.6) is 11.5 Å². The van der Waals surface area contributed by atoms with Crippen LogP contribution in [0.25, 0.3) is 0 Å². The third-order valence-corrected chi connectivity index (χ3v) is 4.62. The first kappa shape index (κ1) is 20.2. The molecule has 1 aromatic heterocycles. The first-order chi connectivity index (χ1) is 15.3. The lowest BCUT2D eigenvalue weighted by molar-refractivity contribution is 0.102. The number of rotatable bonds is 8. The Labute approximate surface area is 181 Å². The maximum Gasteiger partial charge on any atom is 0.259 e. The summed E-state index contributed by atoms with van der Waals surface area (Å²) in [5.41, 5.74) is 3.09. The quantitative estimate of drug-likeness (QED) is 0.417. The molecule has 0 unspecified atom stereocenters. The predicted octanol–water partition coefficient (Wildman–Crippen LogP) is 5.49. The molecule has 3 aromatic carbocycles. The second-order valence-electron chi connectivity index (χ2n) is 6.87. The van der Waals surface area contributed by atoms with Gasteiger partial charge in [-0.05, 0) is 35.4 Å². The standard InChI is InChI=1S/C26H22N2O3/c29-26(28-22-14-16-27-17-15-22)23-12-7-13-24(30-18-20-8-3-1-4-9-20)25(23)31-19-21-10-5-2-6-11-21/h1-17H,18-19H2,(H,27,28,29). The molecule has 154 valence electrons. The highest BCUT2D eigenvalue weighted by Gasteiger charge is 2.18. The largest absolute Gasteiger partial charge is 0.485 e. The SMILES string of the molecule is O=C(Nc1ccncc1)c1cccc(OCc2ccccc2)c1OCc1ccccc1. The van der Waals surface area contributed by atoms with Gasteiger partial charge in [0.05, 0.1) is 5.56 Å². The minimum atomic E-state index is -0.278. The van der Waals surface area contributed by atoms with Crippen molar-refractivity contribution in [2.45, 2.75) is 13.2 Å². The third-order valence-electron chi connectivity index (χ3n) is 4.62. The highest BCUT2D eigenvalue weighted by atomic mass is 16.5. The topological polar surface area (TPSA) is 60.5 Å². The smallest absolute Gasteiger partial charge is 0.259 e. The van der Waals surface area contributed by atoms with Gasteiger partial charge < -0.3 is 14.8 Å². The van der Waals surface area contributed by atoms with Gasteiger partial charge in [-0.3, -0.25) is 9.78 Å². The number of amides is 1. The van der Waals surface area contributed by atoms with E-state index in [0.717, 1.165) is 11.1 Å². The third kappa shape index (κ3) is 5.48. The van der Waals surface area contributed by atoms with Gasteiger partial charge in [0.25, 0.3) is 5.91 Å². The Hall–Kier alpha value is -4.12. The molecule has 0 fully saturated rings. The number of benzene rings is 3. The Bertz CT molecular complexity index is 1120. The number of ether oxygens (including phenoxy) is 2. The van der Waals surface area contributed by atoms with E-state index in [4.69, 9.17) is 9.47 Å². The monoisotopic (exact) mass is 410 g/mol. The summed E-state index contributed by atoms with van der Waals surface area (Å²) in [4.78, 5) is 17.0. The molecule has 0 aliphatic rings. The fourth-order valence-electron chi connectivity index (χ4n) is 3.06.